The highest BCUT2D eigenvalue weighted by Crippen LogP contribution is 2.27. The molecule has 0 bridgehead atoms. The van der Waals surface area contributed by atoms with Gasteiger partial charge in [-0.1, -0.05) is 12.1 Å². The third kappa shape index (κ3) is 3.51. The molecule has 3 rings (SSSR count). The van der Waals surface area contributed by atoms with E-state index in [4.69, 9.17) is 16.2 Å². The Morgan fingerprint density at radius 3 is 2.63 bits per heavy atom. The average molecular weight is 372 g/mol. The second-order valence-electron chi connectivity index (χ2n) is 6.04. The Balaban J connectivity index is 1.88. The Morgan fingerprint density at radius 1 is 1.15 bits per heavy atom. The lowest BCUT2D eigenvalue weighted by molar-refractivity contribution is 0.0995. The standard InChI is InChI=1S/C19H18F2N4O2/c1-27-14-7-3-5-10(15(14)21)4-2-6-11-13(20)9-8-12-16(22)18(19(23)26)25-24-17(11)12/h3,5,7-9H,2,4,6H2,1H3,(H2,22,24)(H2,23,26). The summed E-state index contributed by atoms with van der Waals surface area (Å²) in [6.45, 7) is 0. The van der Waals surface area contributed by atoms with Gasteiger partial charge in [0.05, 0.1) is 12.8 Å². The number of amides is 1. The van der Waals surface area contributed by atoms with Crippen LogP contribution in [0.25, 0.3) is 10.9 Å². The maximum atomic E-state index is 14.3. The highest BCUT2D eigenvalue weighted by atomic mass is 19.1. The molecule has 0 saturated heterocycles. The van der Waals surface area contributed by atoms with Crippen LogP contribution < -0.4 is 16.2 Å². The van der Waals surface area contributed by atoms with Crippen LogP contribution in [0.4, 0.5) is 14.5 Å². The fraction of sp³-hybridized carbons (Fsp3) is 0.211. The molecule has 1 aromatic heterocycles. The average Bonchev–Trinajstić information content (AvgIpc) is 2.64. The highest BCUT2D eigenvalue weighted by Gasteiger charge is 2.17. The number of halogens is 2. The van der Waals surface area contributed by atoms with Crippen molar-refractivity contribution in [3.8, 4) is 5.75 Å². The van der Waals surface area contributed by atoms with Crippen molar-refractivity contribution in [2.75, 3.05) is 12.8 Å². The summed E-state index contributed by atoms with van der Waals surface area (Å²) < 4.78 is 33.5. The van der Waals surface area contributed by atoms with Crippen LogP contribution in [0.1, 0.15) is 28.0 Å². The fourth-order valence-corrected chi connectivity index (χ4v) is 3.01. The minimum absolute atomic E-state index is 0.0626. The first-order chi connectivity index (χ1) is 12.9. The summed E-state index contributed by atoms with van der Waals surface area (Å²) in [5, 5.41) is 8.05. The summed E-state index contributed by atoms with van der Waals surface area (Å²) in [6, 6.07) is 7.60. The van der Waals surface area contributed by atoms with Crippen LogP contribution in [-0.4, -0.2) is 23.2 Å². The Hall–Kier alpha value is -3.29. The molecule has 1 heterocycles. The molecule has 0 aliphatic rings. The smallest absolute Gasteiger partial charge is 0.271 e. The zero-order chi connectivity index (χ0) is 19.6. The van der Waals surface area contributed by atoms with E-state index in [1.807, 2.05) is 0 Å². The maximum absolute atomic E-state index is 14.3. The lowest BCUT2D eigenvalue weighted by Crippen LogP contribution is -2.17. The topological polar surface area (TPSA) is 104 Å². The number of anilines is 1. The van der Waals surface area contributed by atoms with Gasteiger partial charge in [-0.2, -0.15) is 0 Å². The Kier molecular flexibility index (Phi) is 5.16. The monoisotopic (exact) mass is 372 g/mol. The lowest BCUT2D eigenvalue weighted by atomic mass is 10.00. The molecule has 0 aliphatic carbocycles. The molecular weight excluding hydrogens is 354 g/mol. The highest BCUT2D eigenvalue weighted by molar-refractivity contribution is 6.04. The number of primary amides is 1. The van der Waals surface area contributed by atoms with Gasteiger partial charge < -0.3 is 16.2 Å². The van der Waals surface area contributed by atoms with E-state index in [0.717, 1.165) is 0 Å². The molecule has 0 saturated carbocycles. The Bertz CT molecular complexity index is 1020. The van der Waals surface area contributed by atoms with E-state index < -0.39 is 17.5 Å². The minimum atomic E-state index is -0.804. The number of fused-ring (bicyclic) bond motifs is 1. The number of benzene rings is 2. The number of hydrogen-bond donors (Lipinski definition) is 2. The number of rotatable bonds is 6. The van der Waals surface area contributed by atoms with Gasteiger partial charge in [0.1, 0.15) is 11.3 Å². The number of nitrogens with two attached hydrogens (primary N) is 2. The van der Waals surface area contributed by atoms with Crippen LogP contribution in [0, 0.1) is 11.6 Å². The predicted molar refractivity (Wildman–Crippen MR) is 97.4 cm³/mol. The van der Waals surface area contributed by atoms with Crippen molar-refractivity contribution in [1.29, 1.82) is 0 Å². The number of aromatic nitrogens is 2. The molecule has 0 fully saturated rings. The van der Waals surface area contributed by atoms with Crippen molar-refractivity contribution < 1.29 is 18.3 Å². The molecule has 0 aliphatic heterocycles. The minimum Gasteiger partial charge on any atom is -0.494 e. The summed E-state index contributed by atoms with van der Waals surface area (Å²) in [7, 11) is 1.40. The first kappa shape index (κ1) is 18.5. The normalized spacial score (nSPS) is 10.9. The first-order valence-electron chi connectivity index (χ1n) is 8.28. The van der Waals surface area contributed by atoms with Gasteiger partial charge in [-0.3, -0.25) is 4.79 Å². The van der Waals surface area contributed by atoms with Crippen molar-refractivity contribution in [1.82, 2.24) is 10.2 Å². The second kappa shape index (κ2) is 7.53. The van der Waals surface area contributed by atoms with E-state index in [9.17, 15) is 13.6 Å². The fourth-order valence-electron chi connectivity index (χ4n) is 3.01. The molecule has 1 amide bonds. The summed E-state index contributed by atoms with van der Waals surface area (Å²) >= 11 is 0. The summed E-state index contributed by atoms with van der Waals surface area (Å²) in [5.74, 6) is -1.52. The number of carbonyl (C=O) groups excluding carboxylic acids is 1. The summed E-state index contributed by atoms with van der Waals surface area (Å²) in [4.78, 5) is 11.4. The SMILES string of the molecule is COc1cccc(CCCc2c(F)ccc3c(N)c(C(N)=O)nnc23)c1F. The van der Waals surface area contributed by atoms with Gasteiger partial charge in [0, 0.05) is 10.9 Å². The number of ether oxygens (including phenoxy) is 1. The number of nitrogen functional groups attached to an aromatic ring is 1. The van der Waals surface area contributed by atoms with Crippen molar-refractivity contribution >= 4 is 22.5 Å². The van der Waals surface area contributed by atoms with Crippen LogP contribution in [0.2, 0.25) is 0 Å². The van der Waals surface area contributed by atoms with E-state index in [1.54, 1.807) is 12.1 Å². The van der Waals surface area contributed by atoms with Gasteiger partial charge in [-0.15, -0.1) is 10.2 Å². The van der Waals surface area contributed by atoms with E-state index in [-0.39, 0.29) is 22.6 Å². The molecule has 6 nitrogen and oxygen atoms in total. The van der Waals surface area contributed by atoms with Gasteiger partial charge in [0.25, 0.3) is 5.91 Å². The van der Waals surface area contributed by atoms with Gasteiger partial charge in [0.2, 0.25) is 0 Å². The summed E-state index contributed by atoms with van der Waals surface area (Å²) in [6.07, 6.45) is 1.16. The zero-order valence-electron chi connectivity index (χ0n) is 14.6. The van der Waals surface area contributed by atoms with Crippen LogP contribution in [-0.2, 0) is 12.8 Å². The number of hydrogen-bond acceptors (Lipinski definition) is 5. The van der Waals surface area contributed by atoms with E-state index >= 15 is 0 Å². The summed E-state index contributed by atoms with van der Waals surface area (Å²) in [5.41, 5.74) is 12.1. The van der Waals surface area contributed by atoms with Crippen molar-refractivity contribution in [3.05, 3.63) is 58.8 Å². The van der Waals surface area contributed by atoms with Gasteiger partial charge in [-0.05, 0) is 43.0 Å². The van der Waals surface area contributed by atoms with Crippen LogP contribution in [0.3, 0.4) is 0 Å². The number of methoxy groups -OCH3 is 1. The third-order valence-electron chi connectivity index (χ3n) is 4.39. The predicted octanol–water partition coefficient (Wildman–Crippen LogP) is 2.77. The van der Waals surface area contributed by atoms with Crippen LogP contribution in [0.5, 0.6) is 5.75 Å². The molecule has 140 valence electrons. The Morgan fingerprint density at radius 2 is 1.93 bits per heavy atom. The van der Waals surface area contributed by atoms with E-state index in [2.05, 4.69) is 10.2 Å². The van der Waals surface area contributed by atoms with E-state index in [1.165, 1.54) is 25.3 Å². The molecule has 0 spiro atoms. The van der Waals surface area contributed by atoms with Crippen LogP contribution in [0.15, 0.2) is 30.3 Å². The molecular formula is C19H18F2N4O2. The van der Waals surface area contributed by atoms with Crippen molar-refractivity contribution in [2.24, 2.45) is 5.73 Å². The molecule has 4 N–H and O–H groups in total. The van der Waals surface area contributed by atoms with Crippen LogP contribution >= 0.6 is 0 Å². The lowest BCUT2D eigenvalue weighted by Gasteiger charge is -2.11. The van der Waals surface area contributed by atoms with Gasteiger partial charge >= 0.3 is 0 Å². The number of nitrogens with zero attached hydrogens (tertiary/aromatic N) is 2. The molecule has 0 atom stereocenters. The van der Waals surface area contributed by atoms with Gasteiger partial charge in [0.15, 0.2) is 17.3 Å². The number of aryl methyl sites for hydroxylation is 2. The number of carbonyl (C=O) groups is 1. The maximum Gasteiger partial charge on any atom is 0.271 e. The molecule has 0 radical (unpaired) electrons. The Labute approximate surface area is 154 Å². The molecule has 0 unspecified atom stereocenters. The van der Waals surface area contributed by atoms with Crippen molar-refractivity contribution in [3.63, 3.8) is 0 Å². The molecule has 3 aromatic rings. The van der Waals surface area contributed by atoms with Crippen molar-refractivity contribution in [2.45, 2.75) is 19.3 Å². The molecule has 27 heavy (non-hydrogen) atoms. The second-order valence-corrected chi connectivity index (χ2v) is 6.04. The zero-order valence-corrected chi connectivity index (χ0v) is 14.6. The molecule has 2 aromatic carbocycles. The quantitative estimate of drug-likeness (QED) is 0.692. The molecule has 8 heteroatoms. The van der Waals surface area contributed by atoms with Gasteiger partial charge in [-0.25, -0.2) is 8.78 Å². The largest absolute Gasteiger partial charge is 0.494 e. The van der Waals surface area contributed by atoms with E-state index in [0.29, 0.717) is 35.8 Å². The third-order valence-corrected chi connectivity index (χ3v) is 4.39. The first-order valence-corrected chi connectivity index (χ1v) is 8.28.